The van der Waals surface area contributed by atoms with Crippen molar-refractivity contribution in [3.05, 3.63) is 21.3 Å². The molecule has 2 nitrogen and oxygen atoms in total. The molecule has 9 heavy (non-hydrogen) atoms. The highest BCUT2D eigenvalue weighted by Crippen LogP contribution is 2.35. The average Bonchev–Trinajstić information content (AvgIpc) is 2.10. The fourth-order valence-electron chi connectivity index (χ4n) is 0.453. The summed E-state index contributed by atoms with van der Waals surface area (Å²) in [6.45, 7) is 6.63. The van der Waals surface area contributed by atoms with E-state index in [9.17, 15) is 0 Å². The van der Waals surface area contributed by atoms with Crippen molar-refractivity contribution in [1.82, 2.24) is 0 Å². The van der Waals surface area contributed by atoms with E-state index in [4.69, 9.17) is 12.3 Å². The minimum absolute atomic E-state index is 0.534. The van der Waals surface area contributed by atoms with E-state index in [2.05, 4.69) is 20.8 Å². The van der Waals surface area contributed by atoms with Gasteiger partial charge in [-0.15, -0.1) is 11.3 Å². The summed E-state index contributed by atoms with van der Waals surface area (Å²) in [5.74, 6) is 0. The maximum absolute atomic E-state index is 6.63. The summed E-state index contributed by atoms with van der Waals surface area (Å²) in [4.78, 5) is 3.20. The number of nitrogens with two attached hydrogens (primary N) is 1. The normalized spacial score (nSPS) is 8.89. The second kappa shape index (κ2) is 2.38. The maximum atomic E-state index is 6.63. The molecule has 1 aromatic heterocycles. The van der Waals surface area contributed by atoms with E-state index in [-0.39, 0.29) is 0 Å². The summed E-state index contributed by atoms with van der Waals surface area (Å²) in [6.07, 6.45) is 0. The Bertz CT molecular complexity index is 260. The van der Waals surface area contributed by atoms with E-state index < -0.39 is 0 Å². The van der Waals surface area contributed by atoms with Gasteiger partial charge in [-0.05, 0) is 22.0 Å². The summed E-state index contributed by atoms with van der Waals surface area (Å²) in [6, 6.07) is 1.72. The monoisotopic (exact) mass is 202 g/mol. The molecule has 0 aliphatic heterocycles. The molecule has 0 atom stereocenters. The molecule has 0 saturated carbocycles. The van der Waals surface area contributed by atoms with Gasteiger partial charge in [0, 0.05) is 0 Å². The molecule has 0 aliphatic rings. The van der Waals surface area contributed by atoms with E-state index in [0.717, 1.165) is 3.79 Å². The third-order valence-electron chi connectivity index (χ3n) is 0.831. The highest BCUT2D eigenvalue weighted by atomic mass is 79.9. The Balaban J connectivity index is 3.20. The molecule has 0 spiro atoms. The van der Waals surface area contributed by atoms with Gasteiger partial charge in [-0.3, -0.25) is 0 Å². The van der Waals surface area contributed by atoms with Crippen LogP contribution < -0.4 is 5.73 Å². The van der Waals surface area contributed by atoms with Crippen LogP contribution in [-0.2, 0) is 0 Å². The molecule has 0 amide bonds. The van der Waals surface area contributed by atoms with Crippen molar-refractivity contribution in [3.8, 4) is 0 Å². The molecule has 1 aromatic rings. The van der Waals surface area contributed by atoms with Crippen LogP contribution in [0.25, 0.3) is 4.85 Å². The van der Waals surface area contributed by atoms with E-state index in [1.165, 1.54) is 11.3 Å². The lowest BCUT2D eigenvalue weighted by atomic mass is 10.5. The van der Waals surface area contributed by atoms with Crippen molar-refractivity contribution >= 4 is 38.0 Å². The Morgan fingerprint density at radius 3 is 2.67 bits per heavy atom. The van der Waals surface area contributed by atoms with Crippen molar-refractivity contribution in [1.29, 1.82) is 0 Å². The van der Waals surface area contributed by atoms with Gasteiger partial charge >= 0.3 is 0 Å². The van der Waals surface area contributed by atoms with E-state index in [1.807, 2.05) is 0 Å². The fourth-order valence-corrected chi connectivity index (χ4v) is 1.78. The van der Waals surface area contributed by atoms with Gasteiger partial charge in [-0.25, -0.2) is 4.85 Å². The number of hydrogen-bond acceptors (Lipinski definition) is 2. The third-order valence-corrected chi connectivity index (χ3v) is 2.29. The number of rotatable bonds is 0. The van der Waals surface area contributed by atoms with Gasteiger partial charge in [-0.1, -0.05) is 0 Å². The Hall–Kier alpha value is -0.530. The van der Waals surface area contributed by atoms with Gasteiger partial charge in [0.15, 0.2) is 0 Å². The number of nitrogen functional groups attached to an aromatic ring is 1. The summed E-state index contributed by atoms with van der Waals surface area (Å²) in [5, 5.41) is 0.580. The zero-order chi connectivity index (χ0) is 6.85. The van der Waals surface area contributed by atoms with Gasteiger partial charge in [-0.2, -0.15) is 0 Å². The van der Waals surface area contributed by atoms with Crippen LogP contribution in [0.3, 0.4) is 0 Å². The summed E-state index contributed by atoms with van der Waals surface area (Å²) in [5.41, 5.74) is 5.96. The van der Waals surface area contributed by atoms with Crippen LogP contribution in [0.15, 0.2) is 9.85 Å². The Kier molecular flexibility index (Phi) is 1.74. The number of hydrogen-bond donors (Lipinski definition) is 1. The topological polar surface area (TPSA) is 30.4 Å². The molecule has 46 valence electrons. The molecular weight excluding hydrogens is 200 g/mol. The molecule has 1 rings (SSSR count). The van der Waals surface area contributed by atoms with Gasteiger partial charge in [0.25, 0.3) is 0 Å². The van der Waals surface area contributed by atoms with Crippen LogP contribution in [0.4, 0.5) is 10.7 Å². The zero-order valence-corrected chi connectivity index (χ0v) is 6.79. The quantitative estimate of drug-likeness (QED) is 0.645. The van der Waals surface area contributed by atoms with Gasteiger partial charge < -0.3 is 5.73 Å². The van der Waals surface area contributed by atoms with Gasteiger partial charge in [0.2, 0.25) is 5.69 Å². The molecule has 0 saturated heterocycles. The molecule has 0 radical (unpaired) electrons. The standard InChI is InChI=1S/C5H3BrN2S/c1-8-3-2-4(6)9-5(3)7/h2H,7H2. The second-order valence-electron chi connectivity index (χ2n) is 1.41. The number of halogens is 1. The molecule has 0 bridgehead atoms. The van der Waals surface area contributed by atoms with Crippen molar-refractivity contribution in [3.63, 3.8) is 0 Å². The average molecular weight is 203 g/mol. The largest absolute Gasteiger partial charge is 0.399 e. The van der Waals surface area contributed by atoms with Crippen LogP contribution in [0.2, 0.25) is 0 Å². The predicted octanol–water partition coefficient (Wildman–Crippen LogP) is 2.64. The molecule has 2 N–H and O–H groups in total. The molecular formula is C5H3BrN2S. The highest BCUT2D eigenvalue weighted by Gasteiger charge is 2.01. The lowest BCUT2D eigenvalue weighted by Gasteiger charge is -1.78. The van der Waals surface area contributed by atoms with E-state index in [0.29, 0.717) is 10.7 Å². The SMILES string of the molecule is [C-]#[N+]c1cc(Br)sc1N. The van der Waals surface area contributed by atoms with Crippen molar-refractivity contribution in [2.75, 3.05) is 5.73 Å². The first-order valence-corrected chi connectivity index (χ1v) is 3.77. The van der Waals surface area contributed by atoms with Crippen LogP contribution in [0.1, 0.15) is 0 Å². The minimum atomic E-state index is 0.534. The van der Waals surface area contributed by atoms with Crippen LogP contribution in [0, 0.1) is 6.57 Å². The molecule has 0 fully saturated rings. The lowest BCUT2D eigenvalue weighted by Crippen LogP contribution is -1.74. The Morgan fingerprint density at radius 1 is 1.78 bits per heavy atom. The third kappa shape index (κ3) is 1.23. The highest BCUT2D eigenvalue weighted by molar-refractivity contribution is 9.11. The zero-order valence-electron chi connectivity index (χ0n) is 4.39. The number of anilines is 1. The Labute approximate surface area is 65.2 Å². The summed E-state index contributed by atoms with van der Waals surface area (Å²) < 4.78 is 0.908. The van der Waals surface area contributed by atoms with Crippen LogP contribution >= 0.6 is 27.3 Å². The van der Waals surface area contributed by atoms with E-state index in [1.54, 1.807) is 6.07 Å². The smallest absolute Gasteiger partial charge is 0.221 e. The molecule has 0 unspecified atom stereocenters. The first kappa shape index (κ1) is 6.59. The molecule has 0 aromatic carbocycles. The van der Waals surface area contributed by atoms with E-state index >= 15 is 0 Å². The second-order valence-corrected chi connectivity index (χ2v) is 3.87. The molecule has 4 heteroatoms. The van der Waals surface area contributed by atoms with Crippen LogP contribution in [-0.4, -0.2) is 0 Å². The minimum Gasteiger partial charge on any atom is -0.399 e. The van der Waals surface area contributed by atoms with Gasteiger partial charge in [0.1, 0.15) is 0 Å². The number of thiophene rings is 1. The fraction of sp³-hybridized carbons (Fsp3) is 0. The van der Waals surface area contributed by atoms with Crippen LogP contribution in [0.5, 0.6) is 0 Å². The first-order valence-electron chi connectivity index (χ1n) is 2.16. The summed E-state index contributed by atoms with van der Waals surface area (Å²) >= 11 is 4.59. The maximum Gasteiger partial charge on any atom is 0.221 e. The summed E-state index contributed by atoms with van der Waals surface area (Å²) in [7, 11) is 0. The van der Waals surface area contributed by atoms with Gasteiger partial charge in [0.05, 0.1) is 15.4 Å². The Morgan fingerprint density at radius 2 is 2.44 bits per heavy atom. The van der Waals surface area contributed by atoms with Crippen molar-refractivity contribution < 1.29 is 0 Å². The molecule has 1 heterocycles. The number of nitrogens with zero attached hydrogens (tertiary/aromatic N) is 1. The molecule has 0 aliphatic carbocycles. The van der Waals surface area contributed by atoms with Crippen molar-refractivity contribution in [2.45, 2.75) is 0 Å². The predicted molar refractivity (Wildman–Crippen MR) is 42.7 cm³/mol. The lowest BCUT2D eigenvalue weighted by molar-refractivity contribution is 1.89. The van der Waals surface area contributed by atoms with Crippen molar-refractivity contribution in [2.24, 2.45) is 0 Å². The first-order chi connectivity index (χ1) is 4.24.